The van der Waals surface area contributed by atoms with Crippen LogP contribution in [0.5, 0.6) is 11.5 Å². The van der Waals surface area contributed by atoms with E-state index in [-0.39, 0.29) is 28.5 Å². The fourth-order valence-corrected chi connectivity index (χ4v) is 13.2. The highest BCUT2D eigenvalue weighted by Gasteiger charge is 2.30. The Kier molecular flexibility index (Phi) is 10.4. The molecule has 11 aromatic carbocycles. The third kappa shape index (κ3) is 8.23. The highest BCUT2D eigenvalue weighted by atomic mass is 16.5. The van der Waals surface area contributed by atoms with Crippen molar-refractivity contribution in [2.75, 3.05) is 0 Å². The number of nitrogens with zero attached hydrogens (tertiary/aromatic N) is 5. The summed E-state index contributed by atoms with van der Waals surface area (Å²) in [6.07, 6.45) is 5.94. The van der Waals surface area contributed by atoms with Gasteiger partial charge in [-0.15, -0.1) is 0 Å². The van der Waals surface area contributed by atoms with Crippen LogP contribution in [-0.2, 0) is 10.8 Å². The first-order valence-corrected chi connectivity index (χ1v) is 29.4. The van der Waals surface area contributed by atoms with E-state index < -0.39 is 18.1 Å². The third-order valence-corrected chi connectivity index (χ3v) is 17.3. The summed E-state index contributed by atoms with van der Waals surface area (Å²) >= 11 is 0. The van der Waals surface area contributed by atoms with E-state index >= 15 is 0 Å². The summed E-state index contributed by atoms with van der Waals surface area (Å²) in [6, 6.07) is 76.7. The smallest absolute Gasteiger partial charge is 0.269 e. The van der Waals surface area contributed by atoms with Crippen LogP contribution in [0.2, 0.25) is 0 Å². The number of ether oxygens (including phenoxy) is 1. The maximum atomic E-state index is 9.48. The van der Waals surface area contributed by atoms with Crippen molar-refractivity contribution < 1.29 is 16.2 Å². The van der Waals surface area contributed by atoms with E-state index in [1.807, 2.05) is 42.6 Å². The molecule has 0 aliphatic carbocycles. The summed E-state index contributed by atoms with van der Waals surface area (Å²) in [6.45, 7) is 13.4. The number of rotatable bonds is 7. The Morgan fingerprint density at radius 3 is 1.72 bits per heavy atom. The van der Waals surface area contributed by atoms with Crippen LogP contribution >= 0.6 is 0 Å². The van der Waals surface area contributed by atoms with Crippen LogP contribution in [0.15, 0.2) is 261 Å². The van der Waals surface area contributed by atoms with Crippen LogP contribution < -0.4 is 9.30 Å². The zero-order valence-electron chi connectivity index (χ0n) is 53.6. The predicted molar refractivity (Wildman–Crippen MR) is 355 cm³/mol. The number of aromatic nitrogens is 5. The number of imidazole rings is 1. The molecule has 16 rings (SSSR count). The Bertz CT molecular complexity index is 5460. The maximum Gasteiger partial charge on any atom is 0.269 e. The monoisotopic (exact) mass is 1110 g/mol. The second kappa shape index (κ2) is 19.5. The zero-order valence-corrected chi connectivity index (χ0v) is 48.6. The minimum atomic E-state index is -0.441. The third-order valence-electron chi connectivity index (χ3n) is 17.3. The highest BCUT2D eigenvalue weighted by Crippen LogP contribution is 2.50. The van der Waals surface area contributed by atoms with Crippen LogP contribution in [-0.4, -0.2) is 18.7 Å². The lowest BCUT2D eigenvalue weighted by atomic mass is 9.83. The Morgan fingerprint density at radius 2 is 1.01 bits per heavy atom. The van der Waals surface area contributed by atoms with Crippen molar-refractivity contribution in [3.05, 3.63) is 278 Å². The van der Waals surface area contributed by atoms with Gasteiger partial charge in [-0.05, 0) is 150 Å². The highest BCUT2D eigenvalue weighted by molar-refractivity contribution is 6.12. The molecule has 0 saturated carbocycles. The topological polar surface area (TPSA) is 40.8 Å². The number of para-hydroxylation sites is 4. The first-order valence-electron chi connectivity index (χ1n) is 31.9. The fraction of sp³-hybridized carbons (Fsp3) is 0.100. The van der Waals surface area contributed by atoms with Gasteiger partial charge in [0.05, 0.1) is 51.3 Å². The van der Waals surface area contributed by atoms with E-state index in [0.29, 0.717) is 17.1 Å². The Balaban J connectivity index is 0.985. The molecule has 6 nitrogen and oxygen atoms in total. The summed E-state index contributed by atoms with van der Waals surface area (Å²) in [5, 5.41) is 4.48. The molecule has 0 spiro atoms. The second-order valence-corrected chi connectivity index (χ2v) is 24.6. The number of hydrogen-bond donors (Lipinski definition) is 0. The first-order chi connectivity index (χ1) is 44.0. The quantitative estimate of drug-likeness (QED) is 0.118. The van der Waals surface area contributed by atoms with E-state index in [2.05, 4.69) is 254 Å². The standard InChI is InChI=1S/C80H61N5O/c1-79(2,3)53-39-37-52(38-40-53)60-31-20-33-68-67-32-19-30-59(51-21-8-7-9-22-51)76(67)66-29-11-10-25-61(66)69-47-56(84-70-34-15-12-26-62(70)63-27-13-16-35-71(63)84)48-74-78(69)83(77(60)68)50-82(74)55-23-18-24-57(46-55)86-58-41-42-65-64-28-14-17-36-72(64)85(73(65)49-58)75-45-54(43-44-81-75)80(4,5)6/h7-49H,1-6H3/i7D,8D,9D,21D,22D. The van der Waals surface area contributed by atoms with Gasteiger partial charge in [0.2, 0.25) is 0 Å². The van der Waals surface area contributed by atoms with Crippen LogP contribution in [0.1, 0.15) is 59.5 Å². The average Bonchev–Trinajstić information content (AvgIpc) is 1.61. The molecule has 0 saturated heterocycles. The van der Waals surface area contributed by atoms with Gasteiger partial charge in [0.1, 0.15) is 17.3 Å². The fourth-order valence-electron chi connectivity index (χ4n) is 13.2. The van der Waals surface area contributed by atoms with Crippen molar-refractivity contribution in [3.63, 3.8) is 0 Å². The Labute approximate surface area is 507 Å². The van der Waals surface area contributed by atoms with E-state index in [9.17, 15) is 2.74 Å². The number of fused-ring (bicyclic) bond motifs is 13. The second-order valence-electron chi connectivity index (χ2n) is 24.6. The van der Waals surface area contributed by atoms with Crippen molar-refractivity contribution in [2.45, 2.75) is 52.4 Å². The van der Waals surface area contributed by atoms with Gasteiger partial charge in [-0.1, -0.05) is 217 Å². The maximum absolute atomic E-state index is 9.48. The SMILES string of the molecule is [2H]c1c([2H])c([2H])c(-c2cccc3c2-c2ccccc2-c2cc(-n4c5ccccc5c5ccccc54)cc4c2[n+]([c-]n4-c2cccc(Oc4ccc5c6ccccc6n(-c6cc(C(C)(C)C)ccn6)c5c4)c2)-c2c(-c4ccc(C(C)(C)C)cc4)cccc2-3)c([2H])c1[2H]. The van der Waals surface area contributed by atoms with E-state index in [1.54, 1.807) is 0 Å². The molecule has 1 aliphatic heterocycles. The van der Waals surface area contributed by atoms with Crippen LogP contribution in [0.25, 0.3) is 133 Å². The lowest BCUT2D eigenvalue weighted by Crippen LogP contribution is -2.32. The van der Waals surface area contributed by atoms with Gasteiger partial charge in [-0.2, -0.15) is 0 Å². The van der Waals surface area contributed by atoms with Gasteiger partial charge < -0.3 is 9.30 Å². The van der Waals surface area contributed by atoms with Crippen LogP contribution in [0, 0.1) is 6.33 Å². The molecule has 0 bridgehead atoms. The summed E-state index contributed by atoms with van der Waals surface area (Å²) in [7, 11) is 0. The minimum Gasteiger partial charge on any atom is -0.458 e. The molecule has 15 aromatic rings. The van der Waals surface area contributed by atoms with Crippen molar-refractivity contribution >= 4 is 54.6 Å². The Hall–Kier alpha value is -10.6. The van der Waals surface area contributed by atoms with Gasteiger partial charge in [0.15, 0.2) is 0 Å². The molecule has 0 radical (unpaired) electrons. The summed E-state index contributed by atoms with van der Waals surface area (Å²) < 4.78 is 61.6. The van der Waals surface area contributed by atoms with Gasteiger partial charge in [0.25, 0.3) is 6.33 Å². The average molecular weight is 1110 g/mol. The van der Waals surface area contributed by atoms with Crippen molar-refractivity contribution in [1.29, 1.82) is 0 Å². The first kappa shape index (κ1) is 45.9. The molecule has 0 amide bonds. The van der Waals surface area contributed by atoms with Crippen molar-refractivity contribution in [3.8, 4) is 90.0 Å². The molecule has 4 aromatic heterocycles. The zero-order chi connectivity index (χ0) is 62.4. The lowest BCUT2D eigenvalue weighted by molar-refractivity contribution is -0.570. The molecule has 0 atom stereocenters. The lowest BCUT2D eigenvalue weighted by Gasteiger charge is -2.22. The van der Waals surface area contributed by atoms with E-state index in [4.69, 9.17) is 13.8 Å². The molecule has 6 heteroatoms. The number of benzene rings is 11. The van der Waals surface area contributed by atoms with Crippen LogP contribution in [0.4, 0.5) is 0 Å². The number of pyridine rings is 1. The molecule has 0 unspecified atom stereocenters. The molecular formula is C80H61N5O. The molecule has 1 aliphatic rings. The van der Waals surface area contributed by atoms with Gasteiger partial charge in [-0.25, -0.2) is 4.98 Å². The molecule has 86 heavy (non-hydrogen) atoms. The largest absolute Gasteiger partial charge is 0.458 e. The van der Waals surface area contributed by atoms with Crippen molar-refractivity contribution in [2.24, 2.45) is 0 Å². The number of hydrogen-bond acceptors (Lipinski definition) is 2. The summed E-state index contributed by atoms with van der Waals surface area (Å²) in [4.78, 5) is 4.95. The van der Waals surface area contributed by atoms with Gasteiger partial charge >= 0.3 is 0 Å². The van der Waals surface area contributed by atoms with Gasteiger partial charge in [-0.3, -0.25) is 13.7 Å². The normalized spacial score (nSPS) is 13.1. The van der Waals surface area contributed by atoms with E-state index in [0.717, 1.165) is 122 Å². The minimum absolute atomic E-state index is 0.0779. The van der Waals surface area contributed by atoms with Crippen LogP contribution in [0.3, 0.4) is 0 Å². The van der Waals surface area contributed by atoms with E-state index in [1.165, 1.54) is 11.1 Å². The summed E-state index contributed by atoms with van der Waals surface area (Å²) in [5.74, 6) is 2.14. The van der Waals surface area contributed by atoms with Gasteiger partial charge in [0, 0.05) is 39.5 Å². The predicted octanol–water partition coefficient (Wildman–Crippen LogP) is 20.3. The molecular weight excluding hydrogens is 1050 g/mol. The Morgan fingerprint density at radius 1 is 0.419 bits per heavy atom. The van der Waals surface area contributed by atoms with Crippen molar-refractivity contribution in [1.82, 2.24) is 18.7 Å². The molecule has 412 valence electrons. The molecule has 0 N–H and O–H groups in total. The summed E-state index contributed by atoms with van der Waals surface area (Å²) in [5.41, 5.74) is 18.3. The molecule has 0 fully saturated rings. The molecule has 5 heterocycles.